The molecule has 96 valence electrons. The van der Waals surface area contributed by atoms with Crippen LogP contribution < -0.4 is 0 Å². The number of imidazole rings is 1. The number of aryl methyl sites for hydroxylation is 1. The molecule has 0 bridgehead atoms. The van der Waals surface area contributed by atoms with Crippen LogP contribution in [0.1, 0.15) is 26.6 Å². The second-order valence-electron chi connectivity index (χ2n) is 4.40. The van der Waals surface area contributed by atoms with Crippen LogP contribution in [0, 0.1) is 6.92 Å². The summed E-state index contributed by atoms with van der Waals surface area (Å²) in [4.78, 5) is 17.0. The highest BCUT2D eigenvalue weighted by atomic mass is 32.1. The maximum atomic E-state index is 11.5. The largest absolute Gasteiger partial charge is 0.477 e. The summed E-state index contributed by atoms with van der Waals surface area (Å²) in [6.45, 7) is 1.97. The highest BCUT2D eigenvalue weighted by Gasteiger charge is 2.18. The van der Waals surface area contributed by atoms with Crippen LogP contribution in [0.2, 0.25) is 0 Å². The third-order valence-corrected chi connectivity index (χ3v) is 3.85. The van der Waals surface area contributed by atoms with Crippen LogP contribution in [0.15, 0.2) is 35.8 Å². The summed E-state index contributed by atoms with van der Waals surface area (Å²) < 4.78 is 1.64. The molecule has 3 heterocycles. The van der Waals surface area contributed by atoms with E-state index >= 15 is 0 Å². The zero-order valence-corrected chi connectivity index (χ0v) is 11.1. The molecule has 3 rings (SSSR count). The number of rotatable bonds is 3. The summed E-state index contributed by atoms with van der Waals surface area (Å²) in [7, 11) is 0. The predicted octanol–water partition coefficient (Wildman–Crippen LogP) is 2.99. The van der Waals surface area contributed by atoms with E-state index in [1.807, 2.05) is 36.6 Å². The molecule has 0 aliphatic heterocycles. The van der Waals surface area contributed by atoms with Gasteiger partial charge in [0.1, 0.15) is 5.65 Å². The average Bonchev–Trinajstić information content (AvgIpc) is 2.95. The second kappa shape index (κ2) is 4.51. The van der Waals surface area contributed by atoms with Crippen molar-refractivity contribution in [2.45, 2.75) is 13.3 Å². The number of carbonyl (C=O) groups is 1. The molecule has 0 atom stereocenters. The Bertz CT molecular complexity index is 744. The van der Waals surface area contributed by atoms with Gasteiger partial charge < -0.3 is 5.11 Å². The summed E-state index contributed by atoms with van der Waals surface area (Å²) in [5, 5.41) is 11.4. The molecule has 0 radical (unpaired) electrons. The van der Waals surface area contributed by atoms with Crippen LogP contribution in [0.3, 0.4) is 0 Å². The molecule has 5 heteroatoms. The van der Waals surface area contributed by atoms with Gasteiger partial charge in [0.05, 0.1) is 5.69 Å². The van der Waals surface area contributed by atoms with E-state index in [1.54, 1.807) is 21.9 Å². The first-order valence-electron chi connectivity index (χ1n) is 5.88. The molecule has 19 heavy (non-hydrogen) atoms. The van der Waals surface area contributed by atoms with Gasteiger partial charge in [-0.05, 0) is 36.1 Å². The number of carboxylic acid groups (broad SMARTS) is 1. The first-order chi connectivity index (χ1) is 9.15. The molecule has 3 aromatic rings. The number of carboxylic acids is 1. The SMILES string of the molecule is Cc1ccn2c(C(=O)O)c(Cc3cccs3)nc2c1. The van der Waals surface area contributed by atoms with Crippen LogP contribution in [0.4, 0.5) is 0 Å². The van der Waals surface area contributed by atoms with Gasteiger partial charge in [-0.25, -0.2) is 9.78 Å². The monoisotopic (exact) mass is 272 g/mol. The number of aromatic nitrogens is 2. The second-order valence-corrected chi connectivity index (χ2v) is 5.43. The zero-order valence-electron chi connectivity index (χ0n) is 10.3. The van der Waals surface area contributed by atoms with Gasteiger partial charge in [-0.15, -0.1) is 11.3 Å². The minimum atomic E-state index is -0.942. The Balaban J connectivity index is 2.17. The fourth-order valence-corrected chi connectivity index (χ4v) is 2.83. The first-order valence-corrected chi connectivity index (χ1v) is 6.76. The third-order valence-electron chi connectivity index (χ3n) is 2.98. The Morgan fingerprint density at radius 3 is 3.00 bits per heavy atom. The molecule has 0 unspecified atom stereocenters. The van der Waals surface area contributed by atoms with Gasteiger partial charge in [0.2, 0.25) is 0 Å². The number of fused-ring (bicyclic) bond motifs is 1. The first kappa shape index (κ1) is 11.9. The Hall–Kier alpha value is -2.14. The number of aromatic carboxylic acids is 1. The van der Waals surface area contributed by atoms with Gasteiger partial charge in [-0.2, -0.15) is 0 Å². The van der Waals surface area contributed by atoms with E-state index in [1.165, 1.54) is 0 Å². The lowest BCUT2D eigenvalue weighted by atomic mass is 10.2. The van der Waals surface area contributed by atoms with E-state index in [0.29, 0.717) is 17.8 Å². The number of pyridine rings is 1. The minimum absolute atomic E-state index is 0.253. The summed E-state index contributed by atoms with van der Waals surface area (Å²) >= 11 is 1.61. The quantitative estimate of drug-likeness (QED) is 0.797. The van der Waals surface area contributed by atoms with Gasteiger partial charge in [0.15, 0.2) is 5.69 Å². The van der Waals surface area contributed by atoms with Crippen LogP contribution in [0.5, 0.6) is 0 Å². The van der Waals surface area contributed by atoms with Crippen LogP contribution in [-0.4, -0.2) is 20.5 Å². The van der Waals surface area contributed by atoms with Crippen molar-refractivity contribution in [1.29, 1.82) is 0 Å². The summed E-state index contributed by atoms with van der Waals surface area (Å²) in [5.74, 6) is -0.942. The van der Waals surface area contributed by atoms with Gasteiger partial charge in [0, 0.05) is 17.5 Å². The molecule has 0 saturated carbocycles. The number of thiophene rings is 1. The average molecular weight is 272 g/mol. The van der Waals surface area contributed by atoms with Gasteiger partial charge in [-0.1, -0.05) is 6.07 Å². The topological polar surface area (TPSA) is 54.6 Å². The minimum Gasteiger partial charge on any atom is -0.477 e. The number of nitrogens with zero attached hydrogens (tertiary/aromatic N) is 2. The lowest BCUT2D eigenvalue weighted by molar-refractivity contribution is 0.0688. The van der Waals surface area contributed by atoms with Gasteiger partial charge in [-0.3, -0.25) is 4.40 Å². The Morgan fingerprint density at radius 2 is 2.32 bits per heavy atom. The van der Waals surface area contributed by atoms with E-state index in [9.17, 15) is 9.90 Å². The molecule has 0 aliphatic rings. The van der Waals surface area contributed by atoms with Crippen LogP contribution in [0.25, 0.3) is 5.65 Å². The Kier molecular flexibility index (Phi) is 2.83. The molecule has 4 nitrogen and oxygen atoms in total. The van der Waals surface area contributed by atoms with E-state index in [4.69, 9.17) is 0 Å². The molecule has 0 aromatic carbocycles. The predicted molar refractivity (Wildman–Crippen MR) is 74.0 cm³/mol. The van der Waals surface area contributed by atoms with Gasteiger partial charge in [0.25, 0.3) is 0 Å². The van der Waals surface area contributed by atoms with Crippen molar-refractivity contribution in [3.63, 3.8) is 0 Å². The maximum absolute atomic E-state index is 11.5. The molecule has 1 N–H and O–H groups in total. The fourth-order valence-electron chi connectivity index (χ4n) is 2.12. The summed E-state index contributed by atoms with van der Waals surface area (Å²) in [5.41, 5.74) is 2.62. The highest BCUT2D eigenvalue weighted by molar-refractivity contribution is 7.09. The Morgan fingerprint density at radius 1 is 1.47 bits per heavy atom. The third kappa shape index (κ3) is 2.13. The summed E-state index contributed by atoms with van der Waals surface area (Å²) in [6.07, 6.45) is 2.32. The zero-order chi connectivity index (χ0) is 13.4. The van der Waals surface area contributed by atoms with E-state index in [0.717, 1.165) is 10.4 Å². The lowest BCUT2D eigenvalue weighted by Gasteiger charge is -1.99. The Labute approximate surface area is 114 Å². The molecule has 0 fully saturated rings. The normalized spacial score (nSPS) is 11.0. The van der Waals surface area contributed by atoms with Crippen LogP contribution in [-0.2, 0) is 6.42 Å². The van der Waals surface area contributed by atoms with E-state index in [-0.39, 0.29) is 5.69 Å². The van der Waals surface area contributed by atoms with E-state index < -0.39 is 5.97 Å². The molecule has 0 amide bonds. The van der Waals surface area contributed by atoms with Crippen molar-refractivity contribution in [3.05, 3.63) is 57.7 Å². The van der Waals surface area contributed by atoms with Crippen molar-refractivity contribution in [1.82, 2.24) is 9.38 Å². The van der Waals surface area contributed by atoms with Crippen LogP contribution >= 0.6 is 11.3 Å². The number of hydrogen-bond acceptors (Lipinski definition) is 3. The van der Waals surface area contributed by atoms with Crippen molar-refractivity contribution in [2.75, 3.05) is 0 Å². The van der Waals surface area contributed by atoms with Crippen molar-refractivity contribution < 1.29 is 9.90 Å². The fraction of sp³-hybridized carbons (Fsp3) is 0.143. The smallest absolute Gasteiger partial charge is 0.354 e. The van der Waals surface area contributed by atoms with Gasteiger partial charge >= 0.3 is 5.97 Å². The molecular formula is C14H12N2O2S. The maximum Gasteiger partial charge on any atom is 0.354 e. The lowest BCUT2D eigenvalue weighted by Crippen LogP contribution is -2.05. The van der Waals surface area contributed by atoms with Crippen molar-refractivity contribution in [3.8, 4) is 0 Å². The molecule has 0 aliphatic carbocycles. The molecule has 0 spiro atoms. The standard InChI is InChI=1S/C14H12N2O2S/c1-9-4-5-16-12(7-9)15-11(13(16)14(17)18)8-10-3-2-6-19-10/h2-7H,8H2,1H3,(H,17,18). The number of hydrogen-bond donors (Lipinski definition) is 1. The van der Waals surface area contributed by atoms with E-state index in [2.05, 4.69) is 4.98 Å². The summed E-state index contributed by atoms with van der Waals surface area (Å²) in [6, 6.07) is 7.73. The molecular weight excluding hydrogens is 260 g/mol. The highest BCUT2D eigenvalue weighted by Crippen LogP contribution is 2.20. The van der Waals surface area contributed by atoms with Crippen molar-refractivity contribution >= 4 is 23.0 Å². The molecule has 3 aromatic heterocycles. The molecule has 0 saturated heterocycles. The van der Waals surface area contributed by atoms with Crippen molar-refractivity contribution in [2.24, 2.45) is 0 Å².